The molecule has 0 bridgehead atoms. The van der Waals surface area contributed by atoms with Gasteiger partial charge in [0.25, 0.3) is 0 Å². The van der Waals surface area contributed by atoms with Gasteiger partial charge in [0.15, 0.2) is 0 Å². The number of carbonyl (C=O) groups excluding carboxylic acids is 1. The summed E-state index contributed by atoms with van der Waals surface area (Å²) in [4.78, 5) is 14.2. The van der Waals surface area contributed by atoms with E-state index in [-0.39, 0.29) is 0 Å². The molecule has 1 unspecified atom stereocenters. The fourth-order valence-corrected chi connectivity index (χ4v) is 3.50. The van der Waals surface area contributed by atoms with E-state index in [0.717, 1.165) is 37.2 Å². The van der Waals surface area contributed by atoms with Crippen molar-refractivity contribution in [1.82, 2.24) is 4.90 Å². The van der Waals surface area contributed by atoms with Crippen LogP contribution in [-0.4, -0.2) is 29.2 Å². The largest absolute Gasteiger partial charge is 0.342 e. The monoisotopic (exact) mass is 273 g/mol. The summed E-state index contributed by atoms with van der Waals surface area (Å²) in [7, 11) is 0. The average molecular weight is 274 g/mol. The molecule has 1 saturated heterocycles. The summed E-state index contributed by atoms with van der Waals surface area (Å²) in [6.07, 6.45) is 7.22. The van der Waals surface area contributed by atoms with Crippen molar-refractivity contribution < 1.29 is 4.79 Å². The van der Waals surface area contributed by atoms with Crippen LogP contribution < -0.4 is 0 Å². The zero-order chi connectivity index (χ0) is 10.7. The molecule has 0 aromatic heterocycles. The standard InChI is InChI=1S/C12H20BrNO/c13-7-5-10-6-8-14(9-10)12(15)11-3-1-2-4-11/h10-11H,1-9H2. The number of halogens is 1. The minimum Gasteiger partial charge on any atom is -0.342 e. The van der Waals surface area contributed by atoms with Gasteiger partial charge >= 0.3 is 0 Å². The Morgan fingerprint density at radius 3 is 2.67 bits per heavy atom. The van der Waals surface area contributed by atoms with E-state index in [4.69, 9.17) is 0 Å². The lowest BCUT2D eigenvalue weighted by Gasteiger charge is -2.20. The summed E-state index contributed by atoms with van der Waals surface area (Å²) in [5.41, 5.74) is 0. The number of nitrogens with zero attached hydrogens (tertiary/aromatic N) is 1. The summed E-state index contributed by atoms with van der Waals surface area (Å²) in [6, 6.07) is 0. The molecule has 0 radical (unpaired) electrons. The van der Waals surface area contributed by atoms with Gasteiger partial charge in [-0.25, -0.2) is 0 Å². The van der Waals surface area contributed by atoms with Gasteiger partial charge in [0.1, 0.15) is 0 Å². The predicted molar refractivity (Wildman–Crippen MR) is 65.1 cm³/mol. The average Bonchev–Trinajstić information content (AvgIpc) is 2.87. The molecule has 0 spiro atoms. The molecule has 2 nitrogen and oxygen atoms in total. The van der Waals surface area contributed by atoms with Crippen molar-refractivity contribution in [3.05, 3.63) is 0 Å². The van der Waals surface area contributed by atoms with Crippen molar-refractivity contribution in [3.63, 3.8) is 0 Å². The van der Waals surface area contributed by atoms with Crippen LogP contribution in [0.1, 0.15) is 38.5 Å². The smallest absolute Gasteiger partial charge is 0.225 e. The Hall–Kier alpha value is -0.0500. The van der Waals surface area contributed by atoms with E-state index >= 15 is 0 Å². The number of alkyl halides is 1. The first-order chi connectivity index (χ1) is 7.31. The number of hydrogen-bond donors (Lipinski definition) is 0. The highest BCUT2D eigenvalue weighted by molar-refractivity contribution is 9.09. The summed E-state index contributed by atoms with van der Waals surface area (Å²) < 4.78 is 0. The van der Waals surface area contributed by atoms with Crippen LogP contribution in [0.25, 0.3) is 0 Å². The highest BCUT2D eigenvalue weighted by Gasteiger charge is 2.31. The molecule has 1 saturated carbocycles. The Labute approximate surface area is 101 Å². The molecule has 2 aliphatic rings. The summed E-state index contributed by atoms with van der Waals surface area (Å²) in [5.74, 6) is 1.56. The molecule has 3 heteroatoms. The highest BCUT2D eigenvalue weighted by atomic mass is 79.9. The molecular weight excluding hydrogens is 254 g/mol. The SMILES string of the molecule is O=C(C1CCCC1)N1CCC(CCBr)C1. The third kappa shape index (κ3) is 2.74. The van der Waals surface area contributed by atoms with Gasteiger partial charge in [-0.05, 0) is 31.6 Å². The third-order valence-electron chi connectivity index (χ3n) is 3.82. The molecule has 1 aliphatic carbocycles. The molecule has 0 aromatic carbocycles. The first-order valence-electron chi connectivity index (χ1n) is 6.16. The number of carbonyl (C=O) groups is 1. The minimum atomic E-state index is 0.368. The second-order valence-electron chi connectivity index (χ2n) is 4.90. The van der Waals surface area contributed by atoms with Crippen molar-refractivity contribution in [3.8, 4) is 0 Å². The molecule has 2 rings (SSSR count). The molecule has 86 valence electrons. The van der Waals surface area contributed by atoms with Gasteiger partial charge in [0.2, 0.25) is 5.91 Å². The van der Waals surface area contributed by atoms with Crippen molar-refractivity contribution in [1.29, 1.82) is 0 Å². The fourth-order valence-electron chi connectivity index (χ4n) is 2.85. The number of amides is 1. The quantitative estimate of drug-likeness (QED) is 0.725. The summed E-state index contributed by atoms with van der Waals surface area (Å²) >= 11 is 3.48. The van der Waals surface area contributed by atoms with Crippen LogP contribution in [0.3, 0.4) is 0 Å². The highest BCUT2D eigenvalue weighted by Crippen LogP contribution is 2.29. The zero-order valence-electron chi connectivity index (χ0n) is 9.25. The molecule has 1 heterocycles. The van der Waals surface area contributed by atoms with Crippen LogP contribution in [0.15, 0.2) is 0 Å². The lowest BCUT2D eigenvalue weighted by Crippen LogP contribution is -2.33. The van der Waals surface area contributed by atoms with Gasteiger partial charge in [-0.2, -0.15) is 0 Å². The van der Waals surface area contributed by atoms with Gasteiger partial charge in [0.05, 0.1) is 0 Å². The Kier molecular flexibility index (Phi) is 4.06. The van der Waals surface area contributed by atoms with E-state index in [9.17, 15) is 4.79 Å². The van der Waals surface area contributed by atoms with Crippen LogP contribution >= 0.6 is 15.9 Å². The third-order valence-corrected chi connectivity index (χ3v) is 4.28. The van der Waals surface area contributed by atoms with Crippen LogP contribution in [0.2, 0.25) is 0 Å². The molecule has 1 atom stereocenters. The maximum atomic E-state index is 12.1. The molecule has 0 N–H and O–H groups in total. The van der Waals surface area contributed by atoms with Gasteiger partial charge in [0, 0.05) is 24.3 Å². The van der Waals surface area contributed by atoms with Crippen LogP contribution in [0.4, 0.5) is 0 Å². The van der Waals surface area contributed by atoms with Gasteiger partial charge in [-0.1, -0.05) is 28.8 Å². The van der Waals surface area contributed by atoms with E-state index in [2.05, 4.69) is 20.8 Å². The molecule has 15 heavy (non-hydrogen) atoms. The van der Waals surface area contributed by atoms with Crippen molar-refractivity contribution in [2.24, 2.45) is 11.8 Å². The predicted octanol–water partition coefficient (Wildman–Crippen LogP) is 2.81. The Morgan fingerprint density at radius 1 is 1.27 bits per heavy atom. The summed E-state index contributed by atoms with van der Waals surface area (Å²) in [5, 5.41) is 1.07. The first-order valence-corrected chi connectivity index (χ1v) is 7.28. The van der Waals surface area contributed by atoms with E-state index in [1.54, 1.807) is 0 Å². The van der Waals surface area contributed by atoms with E-state index in [0.29, 0.717) is 11.8 Å². The maximum Gasteiger partial charge on any atom is 0.225 e. The van der Waals surface area contributed by atoms with Gasteiger partial charge in [-0.3, -0.25) is 4.79 Å². The Bertz CT molecular complexity index is 226. The van der Waals surface area contributed by atoms with Crippen LogP contribution in [0, 0.1) is 11.8 Å². The maximum absolute atomic E-state index is 12.1. The van der Waals surface area contributed by atoms with Crippen molar-refractivity contribution >= 4 is 21.8 Å². The second-order valence-corrected chi connectivity index (χ2v) is 5.69. The number of likely N-dealkylation sites (tertiary alicyclic amines) is 1. The van der Waals surface area contributed by atoms with Crippen molar-refractivity contribution in [2.45, 2.75) is 38.5 Å². The Balaban J connectivity index is 1.81. The van der Waals surface area contributed by atoms with Crippen LogP contribution in [0.5, 0.6) is 0 Å². The number of rotatable bonds is 3. The zero-order valence-corrected chi connectivity index (χ0v) is 10.8. The lowest BCUT2D eigenvalue weighted by molar-refractivity contribution is -0.134. The molecule has 2 fully saturated rings. The molecule has 1 aliphatic heterocycles. The first kappa shape index (κ1) is 11.4. The van der Waals surface area contributed by atoms with E-state index < -0.39 is 0 Å². The Morgan fingerprint density at radius 2 is 2.00 bits per heavy atom. The lowest BCUT2D eigenvalue weighted by atomic mass is 10.1. The molecule has 0 aromatic rings. The topological polar surface area (TPSA) is 20.3 Å². The summed E-state index contributed by atoms with van der Waals surface area (Å²) in [6.45, 7) is 2.02. The normalized spacial score (nSPS) is 27.5. The van der Waals surface area contributed by atoms with E-state index in [1.807, 2.05) is 0 Å². The second kappa shape index (κ2) is 5.33. The fraction of sp³-hybridized carbons (Fsp3) is 0.917. The van der Waals surface area contributed by atoms with Crippen molar-refractivity contribution in [2.75, 3.05) is 18.4 Å². The van der Waals surface area contributed by atoms with E-state index in [1.165, 1.54) is 25.7 Å². The van der Waals surface area contributed by atoms with Gasteiger partial charge in [-0.15, -0.1) is 0 Å². The molecular formula is C12H20BrNO. The van der Waals surface area contributed by atoms with Crippen LogP contribution in [-0.2, 0) is 4.79 Å². The minimum absolute atomic E-state index is 0.368. The van der Waals surface area contributed by atoms with Gasteiger partial charge < -0.3 is 4.90 Å². The molecule has 1 amide bonds. The number of hydrogen-bond acceptors (Lipinski definition) is 1.